The van der Waals surface area contributed by atoms with E-state index >= 15 is 0 Å². The molecular weight excluding hydrogens is 501 g/mol. The lowest BCUT2D eigenvalue weighted by Gasteiger charge is -2.39. The Balaban J connectivity index is 1.52. The van der Waals surface area contributed by atoms with Gasteiger partial charge in [-0.05, 0) is 50.3 Å². The molecule has 0 radical (unpaired) electrons. The van der Waals surface area contributed by atoms with Crippen molar-refractivity contribution in [1.29, 1.82) is 0 Å². The van der Waals surface area contributed by atoms with E-state index in [1.165, 1.54) is 61.6 Å². The lowest BCUT2D eigenvalue weighted by Crippen LogP contribution is -2.41. The smallest absolute Gasteiger partial charge is 0.403 e. The first-order chi connectivity index (χ1) is 19.8. The van der Waals surface area contributed by atoms with Crippen LogP contribution in [-0.4, -0.2) is 23.2 Å². The van der Waals surface area contributed by atoms with Gasteiger partial charge >= 0.3 is 7.12 Å². The molecule has 0 unspecified atom stereocenters. The van der Waals surface area contributed by atoms with Gasteiger partial charge in [0, 0.05) is 24.9 Å². The number of nitrogens with zero attached hydrogens (tertiary/aromatic N) is 1. The predicted molar refractivity (Wildman–Crippen MR) is 172 cm³/mol. The van der Waals surface area contributed by atoms with E-state index in [1.807, 2.05) is 0 Å². The van der Waals surface area contributed by atoms with Gasteiger partial charge in [-0.1, -0.05) is 142 Å². The first-order valence-corrected chi connectivity index (χ1v) is 16.0. The molecule has 218 valence electrons. The maximum absolute atomic E-state index is 6.87. The second-order valence-corrected chi connectivity index (χ2v) is 13.5. The Hall–Kier alpha value is -2.40. The minimum atomic E-state index is -0.357. The molecule has 1 saturated heterocycles. The third kappa shape index (κ3) is 7.72. The van der Waals surface area contributed by atoms with Crippen molar-refractivity contribution in [3.05, 3.63) is 108 Å². The highest BCUT2D eigenvalue weighted by Crippen LogP contribution is 2.48. The van der Waals surface area contributed by atoms with Crippen LogP contribution in [0.1, 0.15) is 102 Å². The van der Waals surface area contributed by atoms with Crippen LogP contribution >= 0.6 is 0 Å². The number of rotatable bonds is 12. The van der Waals surface area contributed by atoms with E-state index in [4.69, 9.17) is 9.31 Å². The molecule has 1 saturated carbocycles. The Morgan fingerprint density at radius 2 is 1.20 bits per heavy atom. The quantitative estimate of drug-likeness (QED) is 0.209. The molecule has 2 atom stereocenters. The van der Waals surface area contributed by atoms with Crippen molar-refractivity contribution in [2.45, 2.75) is 115 Å². The minimum absolute atomic E-state index is 0.151. The van der Waals surface area contributed by atoms with E-state index in [1.54, 1.807) is 0 Å². The molecule has 3 aromatic rings. The standard InChI is InChI=1S/C37H50BNO2/c1-36(2)37(3,4)41-38(40-36)34(27-17-24-30-18-9-5-10-19-30)35(33-25-15-8-16-26-33)39(28-31-20-11-6-12-21-31)29-32-22-13-7-14-23-32/h6-8,11-16,20-23,25-26,30,34-35H,5,9-10,17-19,24,27-29H2,1-4H3/t34-,35-/m1/s1. The van der Waals surface area contributed by atoms with Crippen molar-refractivity contribution in [2.75, 3.05) is 0 Å². The minimum Gasteiger partial charge on any atom is -0.403 e. The summed E-state index contributed by atoms with van der Waals surface area (Å²) >= 11 is 0. The first-order valence-electron chi connectivity index (χ1n) is 16.0. The van der Waals surface area contributed by atoms with Gasteiger partial charge in [-0.3, -0.25) is 4.90 Å². The molecule has 2 aliphatic rings. The van der Waals surface area contributed by atoms with Gasteiger partial charge in [-0.25, -0.2) is 0 Å². The Kier molecular flexibility index (Phi) is 10.1. The molecule has 0 N–H and O–H groups in total. The van der Waals surface area contributed by atoms with Crippen molar-refractivity contribution in [1.82, 2.24) is 4.90 Å². The van der Waals surface area contributed by atoms with Crippen LogP contribution in [0.2, 0.25) is 5.82 Å². The molecule has 3 aromatic carbocycles. The Labute approximate surface area is 249 Å². The second kappa shape index (κ2) is 13.7. The van der Waals surface area contributed by atoms with Gasteiger partial charge in [-0.2, -0.15) is 0 Å². The van der Waals surface area contributed by atoms with E-state index < -0.39 is 0 Å². The van der Waals surface area contributed by atoms with Crippen LogP contribution in [0, 0.1) is 5.92 Å². The van der Waals surface area contributed by atoms with Gasteiger partial charge in [0.05, 0.1) is 11.2 Å². The summed E-state index contributed by atoms with van der Waals surface area (Å²) in [5.74, 6) is 1.08. The molecule has 1 heterocycles. The van der Waals surface area contributed by atoms with Crippen LogP contribution in [0.25, 0.3) is 0 Å². The van der Waals surface area contributed by atoms with E-state index in [-0.39, 0.29) is 30.2 Å². The van der Waals surface area contributed by atoms with Crippen molar-refractivity contribution < 1.29 is 9.31 Å². The topological polar surface area (TPSA) is 21.7 Å². The molecular formula is C37H50BNO2. The fourth-order valence-corrected chi connectivity index (χ4v) is 6.89. The van der Waals surface area contributed by atoms with Crippen molar-refractivity contribution in [3.8, 4) is 0 Å². The van der Waals surface area contributed by atoms with Crippen LogP contribution in [0.3, 0.4) is 0 Å². The van der Waals surface area contributed by atoms with Crippen LogP contribution in [0.15, 0.2) is 91.0 Å². The number of hydrogen-bond donors (Lipinski definition) is 0. The highest BCUT2D eigenvalue weighted by molar-refractivity contribution is 6.47. The Bertz CT molecular complexity index is 1120. The van der Waals surface area contributed by atoms with Crippen LogP contribution in [-0.2, 0) is 22.4 Å². The second-order valence-electron chi connectivity index (χ2n) is 13.5. The molecule has 0 spiro atoms. The van der Waals surface area contributed by atoms with Gasteiger partial charge in [0.1, 0.15) is 0 Å². The molecule has 5 rings (SSSR count). The van der Waals surface area contributed by atoms with Crippen LogP contribution in [0.5, 0.6) is 0 Å². The molecule has 1 aliphatic heterocycles. The van der Waals surface area contributed by atoms with Gasteiger partial charge in [-0.15, -0.1) is 0 Å². The monoisotopic (exact) mass is 551 g/mol. The third-order valence-electron chi connectivity index (χ3n) is 9.89. The number of hydrogen-bond acceptors (Lipinski definition) is 3. The van der Waals surface area contributed by atoms with Crippen molar-refractivity contribution in [2.24, 2.45) is 5.92 Å². The molecule has 0 bridgehead atoms. The summed E-state index contributed by atoms with van der Waals surface area (Å²) in [6, 6.07) is 33.2. The summed E-state index contributed by atoms with van der Waals surface area (Å²) in [7, 11) is -0.259. The largest absolute Gasteiger partial charge is 0.463 e. The van der Waals surface area contributed by atoms with Crippen LogP contribution in [0.4, 0.5) is 0 Å². The number of benzene rings is 3. The predicted octanol–water partition coefficient (Wildman–Crippen LogP) is 9.64. The zero-order valence-electron chi connectivity index (χ0n) is 25.8. The molecule has 0 aromatic heterocycles. The molecule has 1 aliphatic carbocycles. The van der Waals surface area contributed by atoms with E-state index in [9.17, 15) is 0 Å². The first kappa shape index (κ1) is 30.1. The average Bonchev–Trinajstić information content (AvgIpc) is 3.20. The third-order valence-corrected chi connectivity index (χ3v) is 9.89. The van der Waals surface area contributed by atoms with E-state index in [0.717, 1.165) is 25.4 Å². The Morgan fingerprint density at radius 1 is 0.707 bits per heavy atom. The van der Waals surface area contributed by atoms with Crippen LogP contribution < -0.4 is 0 Å². The molecule has 41 heavy (non-hydrogen) atoms. The van der Waals surface area contributed by atoms with Gasteiger partial charge < -0.3 is 9.31 Å². The lowest BCUT2D eigenvalue weighted by molar-refractivity contribution is 0.00578. The van der Waals surface area contributed by atoms with Crippen molar-refractivity contribution in [3.63, 3.8) is 0 Å². The zero-order chi connectivity index (χ0) is 28.7. The molecule has 3 nitrogen and oxygen atoms in total. The van der Waals surface area contributed by atoms with Gasteiger partial charge in [0.2, 0.25) is 0 Å². The molecule has 0 amide bonds. The average molecular weight is 552 g/mol. The molecule has 4 heteroatoms. The van der Waals surface area contributed by atoms with Gasteiger partial charge in [0.15, 0.2) is 0 Å². The maximum atomic E-state index is 6.87. The van der Waals surface area contributed by atoms with E-state index in [0.29, 0.717) is 0 Å². The van der Waals surface area contributed by atoms with E-state index in [2.05, 4.69) is 124 Å². The highest BCUT2D eigenvalue weighted by Gasteiger charge is 2.55. The maximum Gasteiger partial charge on any atom is 0.463 e. The SMILES string of the molecule is CC1(C)OB([C@H](CCCC2CCCCC2)[C@@H](c2ccccc2)N(Cc2ccccc2)Cc2ccccc2)OC1(C)C. The summed E-state index contributed by atoms with van der Waals surface area (Å²) in [5.41, 5.74) is 3.30. The van der Waals surface area contributed by atoms with Gasteiger partial charge in [0.25, 0.3) is 0 Å². The summed E-state index contributed by atoms with van der Waals surface area (Å²) in [4.78, 5) is 2.68. The summed E-state index contributed by atoms with van der Waals surface area (Å²) in [6.45, 7) is 10.5. The normalized spacial score (nSPS) is 20.3. The molecule has 2 fully saturated rings. The Morgan fingerprint density at radius 3 is 1.71 bits per heavy atom. The fraction of sp³-hybridized carbons (Fsp3) is 0.514. The summed E-state index contributed by atoms with van der Waals surface area (Å²) in [5, 5.41) is 0. The summed E-state index contributed by atoms with van der Waals surface area (Å²) in [6.07, 6.45) is 10.6. The lowest BCUT2D eigenvalue weighted by atomic mass is 9.63. The fourth-order valence-electron chi connectivity index (χ4n) is 6.89. The summed E-state index contributed by atoms with van der Waals surface area (Å²) < 4.78 is 13.7. The zero-order valence-corrected chi connectivity index (χ0v) is 25.8. The highest BCUT2D eigenvalue weighted by atomic mass is 16.7. The van der Waals surface area contributed by atoms with Crippen molar-refractivity contribution >= 4 is 7.12 Å².